The second-order valence-electron chi connectivity index (χ2n) is 2.98. The van der Waals surface area contributed by atoms with Crippen molar-refractivity contribution in [2.75, 3.05) is 4.72 Å². The van der Waals surface area contributed by atoms with E-state index in [0.29, 0.717) is 11.1 Å². The van der Waals surface area contributed by atoms with Crippen LogP contribution in [0.3, 0.4) is 0 Å². The van der Waals surface area contributed by atoms with Gasteiger partial charge in [0, 0.05) is 23.2 Å². The third-order valence-corrected chi connectivity index (χ3v) is 2.40. The molecule has 7 heteroatoms. The Morgan fingerprint density at radius 2 is 2.06 bits per heavy atom. The topological polar surface area (TPSA) is 79.3 Å². The molecule has 16 heavy (non-hydrogen) atoms. The van der Waals surface area contributed by atoms with E-state index >= 15 is 0 Å². The number of hydrogen-bond acceptors (Lipinski definition) is 3. The predicted octanol–water partition coefficient (Wildman–Crippen LogP) is -1.43. The Balaban J connectivity index is 0.00000128. The quantitative estimate of drug-likeness (QED) is 0.504. The van der Waals surface area contributed by atoms with Gasteiger partial charge in [-0.3, -0.25) is 14.3 Å². The van der Waals surface area contributed by atoms with E-state index in [0.717, 1.165) is 5.39 Å². The molecule has 0 saturated carbocycles. The number of nitrogens with zero attached hydrogens (tertiary/aromatic N) is 1. The normalized spacial score (nSPS) is 10.8. The van der Waals surface area contributed by atoms with Gasteiger partial charge in [-0.1, -0.05) is 12.1 Å². The van der Waals surface area contributed by atoms with Crippen molar-refractivity contribution < 1.29 is 44.0 Å². The van der Waals surface area contributed by atoms with Gasteiger partial charge < -0.3 is 1.43 Å². The van der Waals surface area contributed by atoms with Crippen LogP contribution in [-0.2, 0) is 10.3 Å². The van der Waals surface area contributed by atoms with E-state index < -0.39 is 10.3 Å². The molecule has 0 amide bonds. The van der Waals surface area contributed by atoms with E-state index in [1.165, 1.54) is 0 Å². The maximum Gasteiger partial charge on any atom is 1.00 e. The van der Waals surface area contributed by atoms with Crippen molar-refractivity contribution in [3.8, 4) is 0 Å². The summed E-state index contributed by atoms with van der Waals surface area (Å²) >= 11 is 0. The van der Waals surface area contributed by atoms with E-state index in [4.69, 9.17) is 4.55 Å². The Bertz CT molecular complexity index is 601. The van der Waals surface area contributed by atoms with Crippen LogP contribution in [0.15, 0.2) is 36.7 Å². The van der Waals surface area contributed by atoms with Crippen LogP contribution in [0.1, 0.15) is 1.43 Å². The number of aromatic nitrogens is 1. The zero-order valence-corrected chi connectivity index (χ0v) is 11.4. The molecule has 0 aliphatic carbocycles. The van der Waals surface area contributed by atoms with Gasteiger partial charge in [0.2, 0.25) is 0 Å². The van der Waals surface area contributed by atoms with Gasteiger partial charge in [-0.05, 0) is 12.1 Å². The maximum atomic E-state index is 10.7. The summed E-state index contributed by atoms with van der Waals surface area (Å²) in [5.74, 6) is 0. The molecule has 0 aliphatic heterocycles. The largest absolute Gasteiger partial charge is 1.00 e. The molecule has 5 nitrogen and oxygen atoms in total. The van der Waals surface area contributed by atoms with Crippen LogP contribution in [0.5, 0.6) is 0 Å². The average molecular weight is 248 g/mol. The molecule has 2 rings (SSSR count). The fourth-order valence-electron chi connectivity index (χ4n) is 1.35. The van der Waals surface area contributed by atoms with Crippen LogP contribution < -0.4 is 34.3 Å². The molecule has 0 radical (unpaired) electrons. The minimum Gasteiger partial charge on any atom is -1.00 e. The molecular formula is C9H9N2NaO3S. The third-order valence-electron chi connectivity index (χ3n) is 1.92. The van der Waals surface area contributed by atoms with Gasteiger partial charge in [0.25, 0.3) is 0 Å². The molecule has 0 spiro atoms. The number of hydrogen-bond donors (Lipinski definition) is 2. The van der Waals surface area contributed by atoms with Crippen molar-refractivity contribution in [2.45, 2.75) is 0 Å². The summed E-state index contributed by atoms with van der Waals surface area (Å²) < 4.78 is 32.0. The molecule has 2 aromatic rings. The summed E-state index contributed by atoms with van der Waals surface area (Å²) in [4.78, 5) is 3.91. The zero-order chi connectivity index (χ0) is 10.9. The average Bonchev–Trinajstić information content (AvgIpc) is 2.16. The third kappa shape index (κ3) is 3.16. The molecule has 1 aromatic heterocycles. The number of nitrogens with one attached hydrogen (secondary N) is 1. The molecule has 0 fully saturated rings. The van der Waals surface area contributed by atoms with Gasteiger partial charge in [-0.15, -0.1) is 0 Å². The molecule has 0 bridgehead atoms. The second-order valence-corrected chi connectivity index (χ2v) is 4.13. The molecular weight excluding hydrogens is 239 g/mol. The summed E-state index contributed by atoms with van der Waals surface area (Å²) in [7, 11) is -4.24. The maximum absolute atomic E-state index is 10.7. The molecule has 1 heterocycles. The van der Waals surface area contributed by atoms with E-state index in [2.05, 4.69) is 4.98 Å². The summed E-state index contributed by atoms with van der Waals surface area (Å²) in [6, 6.07) is 6.72. The van der Waals surface area contributed by atoms with Crippen molar-refractivity contribution in [3.05, 3.63) is 36.7 Å². The fraction of sp³-hybridized carbons (Fsp3) is 0. The first-order valence-corrected chi connectivity index (χ1v) is 5.58. The first-order chi connectivity index (χ1) is 7.06. The van der Waals surface area contributed by atoms with Crippen LogP contribution >= 0.6 is 0 Å². The molecule has 0 saturated heterocycles. The molecule has 80 valence electrons. The monoisotopic (exact) mass is 248 g/mol. The van der Waals surface area contributed by atoms with E-state index in [9.17, 15) is 8.42 Å². The Kier molecular flexibility index (Phi) is 4.28. The fourth-order valence-corrected chi connectivity index (χ4v) is 1.81. The molecule has 0 atom stereocenters. The van der Waals surface area contributed by atoms with Crippen LogP contribution in [0.4, 0.5) is 5.69 Å². The second kappa shape index (κ2) is 5.11. The van der Waals surface area contributed by atoms with Gasteiger partial charge in [-0.25, -0.2) is 0 Å². The van der Waals surface area contributed by atoms with Gasteiger partial charge in [-0.2, -0.15) is 8.42 Å². The minimum absolute atomic E-state index is 0. The smallest absolute Gasteiger partial charge is 1.00 e. The van der Waals surface area contributed by atoms with Gasteiger partial charge in [0.05, 0.1) is 5.69 Å². The van der Waals surface area contributed by atoms with Gasteiger partial charge in [0.15, 0.2) is 0 Å². The SMILES string of the molecule is O=S(=O)(O)Nc1cccc2cnccc12.[H-].[Na+]. The minimum atomic E-state index is -4.24. The van der Waals surface area contributed by atoms with Gasteiger partial charge >= 0.3 is 39.9 Å². The summed E-state index contributed by atoms with van der Waals surface area (Å²) in [5.41, 5.74) is 0.331. The number of rotatable bonds is 2. The van der Waals surface area contributed by atoms with Crippen LogP contribution in [0.2, 0.25) is 0 Å². The molecule has 2 N–H and O–H groups in total. The molecule has 0 aliphatic rings. The first-order valence-electron chi connectivity index (χ1n) is 4.14. The zero-order valence-electron chi connectivity index (χ0n) is 9.58. The van der Waals surface area contributed by atoms with Crippen molar-refractivity contribution in [2.24, 2.45) is 0 Å². The summed E-state index contributed by atoms with van der Waals surface area (Å²) in [6.45, 7) is 0. The molecule has 0 unspecified atom stereocenters. The summed E-state index contributed by atoms with van der Waals surface area (Å²) in [5, 5.41) is 1.48. The Labute approximate surface area is 117 Å². The standard InChI is InChI=1S/C9H8N2O3S.Na.H/c12-15(13,14)11-9-3-1-2-7-6-10-5-4-8(7)9;;/h1-6,11H,(H,12,13,14);;/q;+1;-1. The summed E-state index contributed by atoms with van der Waals surface area (Å²) in [6.07, 6.45) is 3.17. The van der Waals surface area contributed by atoms with E-state index in [1.54, 1.807) is 36.7 Å². The van der Waals surface area contributed by atoms with Crippen LogP contribution in [0, 0.1) is 0 Å². The van der Waals surface area contributed by atoms with Crippen molar-refractivity contribution in [3.63, 3.8) is 0 Å². The van der Waals surface area contributed by atoms with Crippen LogP contribution in [0.25, 0.3) is 10.8 Å². The Morgan fingerprint density at radius 1 is 1.31 bits per heavy atom. The van der Waals surface area contributed by atoms with E-state index in [-0.39, 0.29) is 31.0 Å². The van der Waals surface area contributed by atoms with Crippen molar-refractivity contribution in [1.29, 1.82) is 0 Å². The van der Waals surface area contributed by atoms with E-state index in [1.807, 2.05) is 4.72 Å². The Morgan fingerprint density at radius 3 is 2.75 bits per heavy atom. The Hall–Kier alpha value is -0.660. The van der Waals surface area contributed by atoms with Crippen molar-refractivity contribution in [1.82, 2.24) is 4.98 Å². The number of benzene rings is 1. The number of anilines is 1. The number of pyridine rings is 1. The predicted molar refractivity (Wildman–Crippen MR) is 58.0 cm³/mol. The molecule has 1 aromatic carbocycles. The first kappa shape index (κ1) is 13.4. The van der Waals surface area contributed by atoms with Crippen molar-refractivity contribution >= 4 is 26.8 Å². The number of fused-ring (bicyclic) bond motifs is 1. The van der Waals surface area contributed by atoms with Crippen LogP contribution in [-0.4, -0.2) is 18.0 Å². The van der Waals surface area contributed by atoms with Gasteiger partial charge in [0.1, 0.15) is 0 Å².